The number of hydrogen-bond acceptors (Lipinski definition) is 5. The molecule has 2 N–H and O–H groups in total. The molecule has 0 saturated carbocycles. The van der Waals surface area contributed by atoms with E-state index in [1.165, 1.54) is 0 Å². The number of carbonyl (C=O) groups excluding carboxylic acids is 1. The van der Waals surface area contributed by atoms with Crippen LogP contribution in [0.25, 0.3) is 0 Å². The Kier molecular flexibility index (Phi) is 5.95. The van der Waals surface area contributed by atoms with Gasteiger partial charge >= 0.3 is 0 Å². The van der Waals surface area contributed by atoms with Crippen molar-refractivity contribution in [1.29, 1.82) is 0 Å². The molecule has 1 heterocycles. The van der Waals surface area contributed by atoms with Crippen molar-refractivity contribution in [2.24, 2.45) is 0 Å². The second-order valence-electron chi connectivity index (χ2n) is 3.48. The molecule has 1 amide bonds. The van der Waals surface area contributed by atoms with Crippen LogP contribution in [0.5, 0.6) is 0 Å². The Balaban J connectivity index is 2.46. The van der Waals surface area contributed by atoms with Crippen molar-refractivity contribution in [2.75, 3.05) is 32.1 Å². The molecule has 0 bridgehead atoms. The first-order valence-corrected chi connectivity index (χ1v) is 5.62. The van der Waals surface area contributed by atoms with Gasteiger partial charge in [0.1, 0.15) is 5.82 Å². The lowest BCUT2D eigenvalue weighted by Crippen LogP contribution is -2.25. The molecule has 1 aromatic heterocycles. The van der Waals surface area contributed by atoms with Gasteiger partial charge in [-0.3, -0.25) is 4.79 Å². The summed E-state index contributed by atoms with van der Waals surface area (Å²) < 4.78 is 4.90. The standard InChI is InChI=1S/C11H18N4O2/c1-3-6-13-11(16)9-4-5-10(15-14-9)12-7-8-17-2/h4-5H,3,6-8H2,1-2H3,(H,12,15)(H,13,16). The van der Waals surface area contributed by atoms with Crippen LogP contribution in [0.2, 0.25) is 0 Å². The number of anilines is 1. The van der Waals surface area contributed by atoms with Crippen LogP contribution in [0, 0.1) is 0 Å². The van der Waals surface area contributed by atoms with Crippen molar-refractivity contribution in [3.8, 4) is 0 Å². The number of methoxy groups -OCH3 is 1. The largest absolute Gasteiger partial charge is 0.383 e. The SMILES string of the molecule is CCCNC(=O)c1ccc(NCCOC)nn1. The number of amides is 1. The third-order valence-electron chi connectivity index (χ3n) is 2.05. The van der Waals surface area contributed by atoms with Crippen LogP contribution in [0.3, 0.4) is 0 Å². The van der Waals surface area contributed by atoms with Gasteiger partial charge in [-0.2, -0.15) is 0 Å². The van der Waals surface area contributed by atoms with Crippen LogP contribution in [-0.2, 0) is 4.74 Å². The maximum Gasteiger partial charge on any atom is 0.271 e. The van der Waals surface area contributed by atoms with Crippen molar-refractivity contribution in [1.82, 2.24) is 15.5 Å². The Morgan fingerprint density at radius 1 is 1.35 bits per heavy atom. The Morgan fingerprint density at radius 2 is 2.18 bits per heavy atom. The highest BCUT2D eigenvalue weighted by atomic mass is 16.5. The quantitative estimate of drug-likeness (QED) is 0.683. The lowest BCUT2D eigenvalue weighted by molar-refractivity contribution is 0.0947. The lowest BCUT2D eigenvalue weighted by atomic mass is 10.3. The zero-order valence-corrected chi connectivity index (χ0v) is 10.2. The molecule has 0 fully saturated rings. The third kappa shape index (κ3) is 4.78. The molecule has 0 radical (unpaired) electrons. The van der Waals surface area contributed by atoms with Gasteiger partial charge in [-0.05, 0) is 18.6 Å². The molecule has 0 aliphatic carbocycles. The molecule has 1 aromatic rings. The molecule has 0 aliphatic rings. The number of nitrogens with zero attached hydrogens (tertiary/aromatic N) is 2. The zero-order chi connectivity index (χ0) is 12.5. The van der Waals surface area contributed by atoms with Gasteiger partial charge in [0.25, 0.3) is 5.91 Å². The van der Waals surface area contributed by atoms with Crippen molar-refractivity contribution in [2.45, 2.75) is 13.3 Å². The average molecular weight is 238 g/mol. The fourth-order valence-electron chi connectivity index (χ4n) is 1.16. The molecule has 6 heteroatoms. The number of nitrogens with one attached hydrogen (secondary N) is 2. The molecule has 0 aliphatic heterocycles. The Hall–Kier alpha value is -1.69. The average Bonchev–Trinajstić information content (AvgIpc) is 2.37. The summed E-state index contributed by atoms with van der Waals surface area (Å²) in [6, 6.07) is 3.37. The molecule has 0 spiro atoms. The van der Waals surface area contributed by atoms with E-state index in [1.54, 1.807) is 19.2 Å². The van der Waals surface area contributed by atoms with E-state index in [9.17, 15) is 4.79 Å². The molecule has 0 saturated heterocycles. The summed E-state index contributed by atoms with van der Waals surface area (Å²) in [7, 11) is 1.63. The Morgan fingerprint density at radius 3 is 2.76 bits per heavy atom. The second kappa shape index (κ2) is 7.56. The first kappa shape index (κ1) is 13.4. The smallest absolute Gasteiger partial charge is 0.271 e. The van der Waals surface area contributed by atoms with E-state index in [2.05, 4.69) is 20.8 Å². The van der Waals surface area contributed by atoms with E-state index >= 15 is 0 Å². The second-order valence-corrected chi connectivity index (χ2v) is 3.48. The highest BCUT2D eigenvalue weighted by molar-refractivity contribution is 5.92. The van der Waals surface area contributed by atoms with Gasteiger partial charge in [-0.1, -0.05) is 6.92 Å². The summed E-state index contributed by atoms with van der Waals surface area (Å²) in [5, 5.41) is 13.5. The first-order chi connectivity index (χ1) is 8.27. The van der Waals surface area contributed by atoms with Gasteiger partial charge in [-0.15, -0.1) is 10.2 Å². The number of hydrogen-bond donors (Lipinski definition) is 2. The highest BCUT2D eigenvalue weighted by Crippen LogP contribution is 2.01. The summed E-state index contributed by atoms with van der Waals surface area (Å²) in [4.78, 5) is 11.5. The normalized spacial score (nSPS) is 10.0. The van der Waals surface area contributed by atoms with Crippen LogP contribution in [0.4, 0.5) is 5.82 Å². The molecular formula is C11H18N4O2. The highest BCUT2D eigenvalue weighted by Gasteiger charge is 2.06. The van der Waals surface area contributed by atoms with E-state index in [4.69, 9.17) is 4.74 Å². The maximum atomic E-state index is 11.5. The Labute approximate surface area is 101 Å². The summed E-state index contributed by atoms with van der Waals surface area (Å²) in [5.41, 5.74) is 0.329. The van der Waals surface area contributed by atoms with Gasteiger partial charge in [0.15, 0.2) is 5.69 Å². The molecule has 1 rings (SSSR count). The minimum atomic E-state index is -0.192. The number of rotatable bonds is 7. The number of carbonyl (C=O) groups is 1. The summed E-state index contributed by atoms with van der Waals surface area (Å²) in [6.45, 7) is 3.90. The summed E-state index contributed by atoms with van der Waals surface area (Å²) in [6.07, 6.45) is 0.899. The molecule has 17 heavy (non-hydrogen) atoms. The summed E-state index contributed by atoms with van der Waals surface area (Å²) >= 11 is 0. The van der Waals surface area contributed by atoms with E-state index in [-0.39, 0.29) is 5.91 Å². The molecule has 6 nitrogen and oxygen atoms in total. The van der Waals surface area contributed by atoms with Gasteiger partial charge in [0.2, 0.25) is 0 Å². The van der Waals surface area contributed by atoms with Crippen LogP contribution in [0.15, 0.2) is 12.1 Å². The van der Waals surface area contributed by atoms with Gasteiger partial charge in [-0.25, -0.2) is 0 Å². The summed E-state index contributed by atoms with van der Waals surface area (Å²) in [5.74, 6) is 0.442. The van der Waals surface area contributed by atoms with E-state index in [0.29, 0.717) is 31.2 Å². The maximum absolute atomic E-state index is 11.5. The number of aromatic nitrogens is 2. The minimum Gasteiger partial charge on any atom is -0.383 e. The van der Waals surface area contributed by atoms with E-state index in [1.807, 2.05) is 6.92 Å². The van der Waals surface area contributed by atoms with E-state index in [0.717, 1.165) is 6.42 Å². The van der Waals surface area contributed by atoms with Crippen LogP contribution in [0.1, 0.15) is 23.8 Å². The van der Waals surface area contributed by atoms with Crippen LogP contribution in [-0.4, -0.2) is 42.9 Å². The van der Waals surface area contributed by atoms with Crippen molar-refractivity contribution < 1.29 is 9.53 Å². The molecule has 0 unspecified atom stereocenters. The predicted molar refractivity (Wildman–Crippen MR) is 65.0 cm³/mol. The van der Waals surface area contributed by atoms with Gasteiger partial charge in [0.05, 0.1) is 6.61 Å². The molecular weight excluding hydrogens is 220 g/mol. The third-order valence-corrected chi connectivity index (χ3v) is 2.05. The van der Waals surface area contributed by atoms with Crippen molar-refractivity contribution in [3.05, 3.63) is 17.8 Å². The van der Waals surface area contributed by atoms with Crippen molar-refractivity contribution in [3.63, 3.8) is 0 Å². The molecule has 94 valence electrons. The van der Waals surface area contributed by atoms with Gasteiger partial charge < -0.3 is 15.4 Å². The monoisotopic (exact) mass is 238 g/mol. The topological polar surface area (TPSA) is 76.1 Å². The van der Waals surface area contributed by atoms with Crippen LogP contribution < -0.4 is 10.6 Å². The van der Waals surface area contributed by atoms with Gasteiger partial charge in [0, 0.05) is 20.2 Å². The molecule has 0 aromatic carbocycles. The predicted octanol–water partition coefficient (Wildman–Crippen LogP) is 0.675. The first-order valence-electron chi connectivity index (χ1n) is 5.62. The fraction of sp³-hybridized carbons (Fsp3) is 0.545. The number of ether oxygens (including phenoxy) is 1. The zero-order valence-electron chi connectivity index (χ0n) is 10.2. The van der Waals surface area contributed by atoms with E-state index < -0.39 is 0 Å². The van der Waals surface area contributed by atoms with Crippen LogP contribution >= 0.6 is 0 Å². The minimum absolute atomic E-state index is 0.192. The van der Waals surface area contributed by atoms with Crippen molar-refractivity contribution >= 4 is 11.7 Å². The lowest BCUT2D eigenvalue weighted by Gasteiger charge is -2.05. The fourth-order valence-corrected chi connectivity index (χ4v) is 1.16. The Bertz CT molecular complexity index is 340. The molecule has 0 atom stereocenters.